The number of halogens is 3. The molecule has 0 radical (unpaired) electrons. The maximum Gasteiger partial charge on any atom is 0.573 e. The number of hydrogen-bond acceptors (Lipinski definition) is 6. The molecule has 1 N–H and O–H groups in total. The molecule has 3 aromatic carbocycles. The van der Waals surface area contributed by atoms with Crippen LogP contribution in [0.15, 0.2) is 72.0 Å². The van der Waals surface area contributed by atoms with E-state index >= 15 is 0 Å². The number of benzene rings is 3. The molecule has 1 fully saturated rings. The molecule has 0 spiro atoms. The molecule has 1 aliphatic rings. The average Bonchev–Trinajstić information content (AvgIpc) is 3.56. The van der Waals surface area contributed by atoms with E-state index in [1.165, 1.54) is 51.9 Å². The number of carbonyl (C=O) groups excluding carboxylic acids is 2. The van der Waals surface area contributed by atoms with E-state index in [2.05, 4.69) is 25.1 Å². The van der Waals surface area contributed by atoms with Crippen molar-refractivity contribution in [2.75, 3.05) is 16.0 Å². The van der Waals surface area contributed by atoms with Crippen LogP contribution in [0, 0.1) is 13.8 Å². The van der Waals surface area contributed by atoms with Crippen LogP contribution in [-0.4, -0.2) is 44.0 Å². The van der Waals surface area contributed by atoms with Crippen molar-refractivity contribution in [3.8, 4) is 22.8 Å². The van der Waals surface area contributed by atoms with Gasteiger partial charge < -0.3 is 10.1 Å². The summed E-state index contributed by atoms with van der Waals surface area (Å²) in [6.07, 6.45) is -3.29. The van der Waals surface area contributed by atoms with E-state index in [9.17, 15) is 22.8 Å². The summed E-state index contributed by atoms with van der Waals surface area (Å²) >= 11 is 1.22. The van der Waals surface area contributed by atoms with Gasteiger partial charge in [-0.3, -0.25) is 9.69 Å². The molecule has 13 heteroatoms. The number of alkyl halides is 3. The molecule has 0 atom stereocenters. The maximum atomic E-state index is 13.0. The third-order valence-corrected chi connectivity index (χ3v) is 7.49. The molecule has 3 amide bonds. The number of carbonyl (C=O) groups is 2. The van der Waals surface area contributed by atoms with E-state index in [0.717, 1.165) is 22.4 Å². The second kappa shape index (κ2) is 11.9. The Morgan fingerprint density at radius 2 is 1.81 bits per heavy atom. The summed E-state index contributed by atoms with van der Waals surface area (Å²) in [5.74, 6) is 0.200. The Labute approximate surface area is 249 Å². The summed E-state index contributed by atoms with van der Waals surface area (Å²) < 4.78 is 42.7. The van der Waals surface area contributed by atoms with Crippen LogP contribution in [0.25, 0.3) is 17.1 Å². The highest BCUT2D eigenvalue weighted by Gasteiger charge is 2.33. The predicted octanol–water partition coefficient (Wildman–Crippen LogP) is 7.24. The number of amidine groups is 1. The molecule has 222 valence electrons. The molecule has 2 heterocycles. The minimum atomic E-state index is -4.77. The number of ether oxygens (including phenoxy) is 1. The van der Waals surface area contributed by atoms with Crippen LogP contribution in [0.5, 0.6) is 5.75 Å². The largest absolute Gasteiger partial charge is 0.573 e. The van der Waals surface area contributed by atoms with E-state index in [1.807, 2.05) is 45.9 Å². The van der Waals surface area contributed by atoms with Gasteiger partial charge in [-0.15, -0.1) is 18.3 Å². The first kappa shape index (κ1) is 29.8. The monoisotopic (exact) mass is 608 g/mol. The minimum absolute atomic E-state index is 0.137. The lowest BCUT2D eigenvalue weighted by molar-refractivity contribution is -0.274. The Hall–Kier alpha value is -4.65. The van der Waals surface area contributed by atoms with Crippen LogP contribution in [-0.2, 0) is 4.79 Å². The Morgan fingerprint density at radius 3 is 2.49 bits per heavy atom. The van der Waals surface area contributed by atoms with Crippen LogP contribution >= 0.6 is 11.8 Å². The topological polar surface area (TPSA) is 102 Å². The zero-order chi connectivity index (χ0) is 30.9. The molecule has 0 saturated carbocycles. The second-order valence-corrected chi connectivity index (χ2v) is 11.1. The van der Waals surface area contributed by atoms with Crippen LogP contribution in [0.2, 0.25) is 0 Å². The van der Waals surface area contributed by atoms with Crippen LogP contribution in [0.4, 0.5) is 29.3 Å². The van der Waals surface area contributed by atoms with Crippen molar-refractivity contribution in [1.29, 1.82) is 0 Å². The number of urea groups is 1. The predicted molar refractivity (Wildman–Crippen MR) is 160 cm³/mol. The smallest absolute Gasteiger partial charge is 0.406 e. The maximum absolute atomic E-state index is 13.0. The summed E-state index contributed by atoms with van der Waals surface area (Å²) in [4.78, 5) is 35.8. The SMILES string of the molecule is Cc1ccc(C(C)C)c(N2C(=O)CS/C2=N\C(=O)Nc2ccc(-n3cnc(-c4ccc(OC(F)(F)F)cc4)n3)cc2C)c1. The van der Waals surface area contributed by atoms with Crippen LogP contribution in [0.3, 0.4) is 0 Å². The fourth-order valence-corrected chi connectivity index (χ4v) is 5.36. The first-order chi connectivity index (χ1) is 20.4. The summed E-state index contributed by atoms with van der Waals surface area (Å²) in [7, 11) is 0. The zero-order valence-electron chi connectivity index (χ0n) is 23.6. The highest BCUT2D eigenvalue weighted by atomic mass is 32.2. The highest BCUT2D eigenvalue weighted by molar-refractivity contribution is 8.15. The Balaban J connectivity index is 1.31. The van der Waals surface area contributed by atoms with Gasteiger partial charge in [0.05, 0.1) is 17.1 Å². The lowest BCUT2D eigenvalue weighted by atomic mass is 9.99. The van der Waals surface area contributed by atoms with E-state index in [-0.39, 0.29) is 23.3 Å². The van der Waals surface area contributed by atoms with Gasteiger partial charge in [0.15, 0.2) is 11.0 Å². The molecule has 9 nitrogen and oxygen atoms in total. The molecule has 1 saturated heterocycles. The fourth-order valence-electron chi connectivity index (χ4n) is 4.50. The molecule has 0 bridgehead atoms. The molecular weight excluding hydrogens is 581 g/mol. The number of hydrogen-bond donors (Lipinski definition) is 1. The van der Waals surface area contributed by atoms with Crippen molar-refractivity contribution in [3.63, 3.8) is 0 Å². The molecule has 1 aliphatic heterocycles. The van der Waals surface area contributed by atoms with E-state index in [1.54, 1.807) is 18.2 Å². The number of amides is 3. The van der Waals surface area contributed by atoms with Gasteiger partial charge in [-0.1, -0.05) is 37.7 Å². The van der Waals surface area contributed by atoms with E-state index in [4.69, 9.17) is 0 Å². The van der Waals surface area contributed by atoms with Crippen molar-refractivity contribution in [1.82, 2.24) is 14.8 Å². The van der Waals surface area contributed by atoms with Gasteiger partial charge in [0.2, 0.25) is 5.91 Å². The number of anilines is 2. The Morgan fingerprint density at radius 1 is 1.07 bits per heavy atom. The average molecular weight is 609 g/mol. The van der Waals surface area contributed by atoms with Crippen molar-refractivity contribution >= 4 is 40.2 Å². The molecular formula is C30H27F3N6O3S. The number of aliphatic imine (C=N–C) groups is 1. The normalized spacial score (nSPS) is 14.6. The lowest BCUT2D eigenvalue weighted by Gasteiger charge is -2.22. The highest BCUT2D eigenvalue weighted by Crippen LogP contribution is 2.34. The van der Waals surface area contributed by atoms with Gasteiger partial charge in [0.1, 0.15) is 12.1 Å². The third kappa shape index (κ3) is 6.88. The number of nitrogens with zero attached hydrogens (tertiary/aromatic N) is 5. The lowest BCUT2D eigenvalue weighted by Crippen LogP contribution is -2.31. The summed E-state index contributed by atoms with van der Waals surface area (Å²) in [5, 5.41) is 7.52. The molecule has 4 aromatic rings. The second-order valence-electron chi connectivity index (χ2n) is 10.1. The number of rotatable bonds is 6. The molecule has 0 unspecified atom stereocenters. The molecule has 5 rings (SSSR count). The summed E-state index contributed by atoms with van der Waals surface area (Å²) in [6, 6.07) is 15.8. The number of aryl methyl sites for hydroxylation is 2. The number of thioether (sulfide) groups is 1. The molecule has 1 aromatic heterocycles. The third-order valence-electron chi connectivity index (χ3n) is 6.57. The van der Waals surface area contributed by atoms with Gasteiger partial charge in [-0.2, -0.15) is 4.99 Å². The van der Waals surface area contributed by atoms with E-state index in [0.29, 0.717) is 27.9 Å². The fraction of sp³-hybridized carbons (Fsp3) is 0.233. The minimum Gasteiger partial charge on any atom is -0.406 e. The zero-order valence-corrected chi connectivity index (χ0v) is 24.5. The number of aromatic nitrogens is 3. The summed E-state index contributed by atoms with van der Waals surface area (Å²) in [6.45, 7) is 7.86. The van der Waals surface area contributed by atoms with Crippen molar-refractivity contribution in [2.45, 2.75) is 40.0 Å². The van der Waals surface area contributed by atoms with Gasteiger partial charge in [-0.05, 0) is 85.0 Å². The molecule has 0 aliphatic carbocycles. The first-order valence-electron chi connectivity index (χ1n) is 13.2. The quantitative estimate of drug-likeness (QED) is 0.248. The summed E-state index contributed by atoms with van der Waals surface area (Å²) in [5.41, 5.74) is 5.14. The first-order valence-corrected chi connectivity index (χ1v) is 14.2. The van der Waals surface area contributed by atoms with Gasteiger partial charge in [-0.25, -0.2) is 14.5 Å². The van der Waals surface area contributed by atoms with Gasteiger partial charge in [0, 0.05) is 11.3 Å². The van der Waals surface area contributed by atoms with Crippen LogP contribution < -0.4 is 15.0 Å². The van der Waals surface area contributed by atoms with Gasteiger partial charge >= 0.3 is 12.4 Å². The van der Waals surface area contributed by atoms with E-state index < -0.39 is 12.4 Å². The Kier molecular flexibility index (Phi) is 8.27. The van der Waals surface area contributed by atoms with Crippen molar-refractivity contribution in [3.05, 3.63) is 83.7 Å². The van der Waals surface area contributed by atoms with Crippen molar-refractivity contribution < 1.29 is 27.5 Å². The van der Waals surface area contributed by atoms with Gasteiger partial charge in [0.25, 0.3) is 0 Å². The number of nitrogens with one attached hydrogen (secondary N) is 1. The standard InChI is InChI=1S/C30H27F3N6O3S/c1-17(2)23-11-5-18(3)13-25(23)39-26(40)15-43-29(39)36-28(41)35-24-12-8-21(14-19(24)4)38-16-34-27(37-38)20-6-9-22(10-7-20)42-30(31,32)33/h5-14,16-17H,15H2,1-4H3,(H,35,41)/b36-29-. The Bertz CT molecular complexity index is 1720. The van der Waals surface area contributed by atoms with Crippen molar-refractivity contribution in [2.24, 2.45) is 4.99 Å². The molecule has 43 heavy (non-hydrogen) atoms. The van der Waals surface area contributed by atoms with Crippen LogP contribution in [0.1, 0.15) is 36.5 Å².